The Hall–Kier alpha value is -0.550. The molecule has 2 aliphatic rings. The largest absolute Gasteiger partial charge is 0.395 e. The summed E-state index contributed by atoms with van der Waals surface area (Å²) in [6.07, 6.45) is 7.22. The van der Waals surface area contributed by atoms with Crippen molar-refractivity contribution in [3.8, 4) is 0 Å². The first-order valence-electron chi connectivity index (χ1n) is 7.01. The zero-order valence-electron chi connectivity index (χ0n) is 11.7. The third-order valence-electron chi connectivity index (χ3n) is 4.68. The molecule has 19 heavy (non-hydrogen) atoms. The molecule has 0 aromatic rings. The Labute approximate surface area is 118 Å². The number of likely N-dealkylation sites (tertiary alicyclic amines) is 1. The minimum atomic E-state index is -0.223. The molecule has 2 atom stereocenters. The molecule has 5 heteroatoms. The van der Waals surface area contributed by atoms with Crippen LogP contribution in [0.3, 0.4) is 0 Å². The second kappa shape index (κ2) is 5.83. The predicted octanol–water partition coefficient (Wildman–Crippen LogP) is 1.81. The van der Waals surface area contributed by atoms with E-state index in [2.05, 4.69) is 0 Å². The Morgan fingerprint density at radius 2 is 1.79 bits per heavy atom. The first-order valence-corrected chi connectivity index (χ1v) is 8.30. The summed E-state index contributed by atoms with van der Waals surface area (Å²) in [4.78, 5) is 26.1. The Morgan fingerprint density at radius 3 is 2.21 bits per heavy atom. The lowest BCUT2D eigenvalue weighted by Crippen LogP contribution is -2.54. The normalized spacial score (nSPS) is 25.9. The first-order chi connectivity index (χ1) is 9.03. The van der Waals surface area contributed by atoms with Gasteiger partial charge in [0.15, 0.2) is 0 Å². The van der Waals surface area contributed by atoms with Crippen LogP contribution in [0.1, 0.15) is 45.4 Å². The quantitative estimate of drug-likeness (QED) is 0.800. The van der Waals surface area contributed by atoms with Crippen LogP contribution >= 0.6 is 11.8 Å². The molecular weight excluding hydrogens is 262 g/mol. The molecule has 1 N–H and O–H groups in total. The zero-order valence-corrected chi connectivity index (χ0v) is 12.5. The fraction of sp³-hybridized carbons (Fsp3) is 0.857. The van der Waals surface area contributed by atoms with Gasteiger partial charge in [-0.25, -0.2) is 0 Å². The molecule has 0 radical (unpaired) electrons. The summed E-state index contributed by atoms with van der Waals surface area (Å²) in [5.74, 6) is -0.0868. The van der Waals surface area contributed by atoms with E-state index in [1.54, 1.807) is 0 Å². The van der Waals surface area contributed by atoms with Gasteiger partial charge in [0.1, 0.15) is 0 Å². The highest BCUT2D eigenvalue weighted by atomic mass is 32.2. The number of hydrogen-bond acceptors (Lipinski definition) is 4. The van der Waals surface area contributed by atoms with Crippen LogP contribution in [0.2, 0.25) is 0 Å². The Kier molecular flexibility index (Phi) is 4.56. The highest BCUT2D eigenvalue weighted by molar-refractivity contribution is 7.99. The highest BCUT2D eigenvalue weighted by Crippen LogP contribution is 2.47. The summed E-state index contributed by atoms with van der Waals surface area (Å²) < 4.78 is 0. The predicted molar refractivity (Wildman–Crippen MR) is 75.8 cm³/mol. The van der Waals surface area contributed by atoms with Crippen LogP contribution in [0.15, 0.2) is 0 Å². The molecule has 0 bridgehead atoms. The van der Waals surface area contributed by atoms with Crippen molar-refractivity contribution in [2.75, 3.05) is 12.9 Å². The van der Waals surface area contributed by atoms with Gasteiger partial charge < -0.3 is 5.11 Å². The molecule has 1 spiro atoms. The number of carbonyl (C=O) groups is 2. The van der Waals surface area contributed by atoms with E-state index < -0.39 is 0 Å². The molecule has 1 heterocycles. The Balaban J connectivity index is 2.11. The van der Waals surface area contributed by atoms with Gasteiger partial charge in [-0.15, -0.1) is 0 Å². The average Bonchev–Trinajstić information content (AvgIpc) is 2.77. The lowest BCUT2D eigenvalue weighted by atomic mass is 9.76. The maximum absolute atomic E-state index is 12.4. The van der Waals surface area contributed by atoms with Gasteiger partial charge in [-0.05, 0) is 31.4 Å². The van der Waals surface area contributed by atoms with Gasteiger partial charge in [0.05, 0.1) is 12.6 Å². The fourth-order valence-corrected chi connectivity index (χ4v) is 4.20. The van der Waals surface area contributed by atoms with Crippen molar-refractivity contribution < 1.29 is 14.7 Å². The smallest absolute Gasteiger partial charge is 0.230 e. The molecule has 4 nitrogen and oxygen atoms in total. The number of piperidine rings is 1. The van der Waals surface area contributed by atoms with E-state index >= 15 is 0 Å². The van der Waals surface area contributed by atoms with Crippen LogP contribution in [0.25, 0.3) is 0 Å². The van der Waals surface area contributed by atoms with Gasteiger partial charge in [-0.1, -0.05) is 12.8 Å². The number of thioether (sulfide) groups is 1. The molecule has 1 aliphatic heterocycles. The highest BCUT2D eigenvalue weighted by Gasteiger charge is 2.47. The van der Waals surface area contributed by atoms with E-state index in [1.807, 2.05) is 13.2 Å². The van der Waals surface area contributed by atoms with Gasteiger partial charge in [-0.2, -0.15) is 11.8 Å². The summed E-state index contributed by atoms with van der Waals surface area (Å²) >= 11 is 1.50. The zero-order chi connectivity index (χ0) is 14.0. The van der Waals surface area contributed by atoms with Crippen LogP contribution in [0, 0.1) is 5.41 Å². The van der Waals surface area contributed by atoms with Crippen LogP contribution in [0.4, 0.5) is 0 Å². The second-order valence-corrected chi connectivity index (χ2v) is 6.99. The number of aliphatic hydroxyl groups excluding tert-OH is 1. The molecule has 0 aromatic carbocycles. The molecular formula is C14H23NO3S. The van der Waals surface area contributed by atoms with Gasteiger partial charge in [0.2, 0.25) is 11.8 Å². The van der Waals surface area contributed by atoms with E-state index in [0.29, 0.717) is 12.8 Å². The minimum absolute atomic E-state index is 0.00939. The van der Waals surface area contributed by atoms with Gasteiger partial charge in [-0.3, -0.25) is 14.5 Å². The summed E-state index contributed by atoms with van der Waals surface area (Å²) in [7, 11) is 0. The number of rotatable bonds is 4. The summed E-state index contributed by atoms with van der Waals surface area (Å²) in [6, 6.07) is -0.223. The number of nitrogens with zero attached hydrogens (tertiary/aromatic N) is 1. The van der Waals surface area contributed by atoms with Crippen molar-refractivity contribution in [2.45, 2.75) is 56.7 Å². The summed E-state index contributed by atoms with van der Waals surface area (Å²) in [5, 5.41) is 9.24. The van der Waals surface area contributed by atoms with Crippen molar-refractivity contribution in [1.29, 1.82) is 0 Å². The van der Waals surface area contributed by atoms with Gasteiger partial charge >= 0.3 is 0 Å². The fourth-order valence-electron chi connectivity index (χ4n) is 3.54. The van der Waals surface area contributed by atoms with Crippen LogP contribution in [-0.2, 0) is 9.59 Å². The maximum Gasteiger partial charge on any atom is 0.230 e. The molecule has 2 fully saturated rings. The van der Waals surface area contributed by atoms with E-state index in [0.717, 1.165) is 25.7 Å². The molecule has 0 aromatic heterocycles. The van der Waals surface area contributed by atoms with Crippen molar-refractivity contribution in [3.63, 3.8) is 0 Å². The topological polar surface area (TPSA) is 57.6 Å². The third-order valence-corrected chi connectivity index (χ3v) is 5.83. The van der Waals surface area contributed by atoms with Crippen molar-refractivity contribution in [3.05, 3.63) is 0 Å². The Morgan fingerprint density at radius 1 is 1.26 bits per heavy atom. The molecule has 1 aliphatic carbocycles. The van der Waals surface area contributed by atoms with E-state index in [4.69, 9.17) is 0 Å². The SMILES string of the molecule is CSC(CO)C(C)N1C(=O)CC2(CCCC2)CC1=O. The number of imide groups is 1. The molecule has 1 saturated carbocycles. The van der Waals surface area contributed by atoms with Crippen molar-refractivity contribution >= 4 is 23.6 Å². The summed E-state index contributed by atoms with van der Waals surface area (Å²) in [6.45, 7) is 1.85. The number of hydrogen-bond donors (Lipinski definition) is 1. The van der Waals surface area contributed by atoms with E-state index in [-0.39, 0.29) is 35.1 Å². The van der Waals surface area contributed by atoms with Gasteiger partial charge in [0.25, 0.3) is 0 Å². The first kappa shape index (κ1) is 14.9. The van der Waals surface area contributed by atoms with Crippen molar-refractivity contribution in [2.24, 2.45) is 5.41 Å². The lowest BCUT2D eigenvalue weighted by molar-refractivity contribution is -0.156. The standard InChI is InChI=1S/C14H23NO3S/c1-10(11(9-16)19-2)15-12(17)7-14(8-13(15)18)5-3-4-6-14/h10-11,16H,3-9H2,1-2H3. The lowest BCUT2D eigenvalue weighted by Gasteiger charge is -2.41. The third kappa shape index (κ3) is 2.82. The van der Waals surface area contributed by atoms with E-state index in [1.165, 1.54) is 16.7 Å². The number of amides is 2. The molecule has 1 saturated heterocycles. The van der Waals surface area contributed by atoms with Crippen LogP contribution < -0.4 is 0 Å². The molecule has 108 valence electrons. The number of carbonyl (C=O) groups excluding carboxylic acids is 2. The summed E-state index contributed by atoms with van der Waals surface area (Å²) in [5.41, 5.74) is -0.0432. The van der Waals surface area contributed by atoms with Gasteiger partial charge in [0, 0.05) is 18.1 Å². The van der Waals surface area contributed by atoms with E-state index in [9.17, 15) is 14.7 Å². The maximum atomic E-state index is 12.4. The van der Waals surface area contributed by atoms with Crippen LogP contribution in [-0.4, -0.2) is 46.0 Å². The van der Waals surface area contributed by atoms with Crippen LogP contribution in [0.5, 0.6) is 0 Å². The Bertz CT molecular complexity index is 342. The second-order valence-electron chi connectivity index (χ2n) is 5.92. The molecule has 2 unspecified atom stereocenters. The minimum Gasteiger partial charge on any atom is -0.395 e. The average molecular weight is 285 g/mol. The monoisotopic (exact) mass is 285 g/mol. The molecule has 2 rings (SSSR count). The molecule has 2 amide bonds. The van der Waals surface area contributed by atoms with Crippen molar-refractivity contribution in [1.82, 2.24) is 4.90 Å². The number of aliphatic hydroxyl groups is 1.